The summed E-state index contributed by atoms with van der Waals surface area (Å²) in [5, 5.41) is 0.648. The van der Waals surface area contributed by atoms with E-state index in [1.165, 1.54) is 25.5 Å². The molecule has 1 aromatic carbocycles. The zero-order valence-electron chi connectivity index (χ0n) is 16.7. The Morgan fingerprint density at radius 3 is 2.41 bits per heavy atom. The molecule has 0 bridgehead atoms. The number of halogens is 1. The van der Waals surface area contributed by atoms with Crippen LogP contribution in [0.5, 0.6) is 0 Å². The van der Waals surface area contributed by atoms with Gasteiger partial charge in [0.1, 0.15) is 4.90 Å². The minimum Gasteiger partial charge on any atom is -0.337 e. The van der Waals surface area contributed by atoms with Crippen molar-refractivity contribution in [1.82, 2.24) is 14.2 Å². The first-order chi connectivity index (χ1) is 13.8. The molecule has 1 fully saturated rings. The highest BCUT2D eigenvalue weighted by Gasteiger charge is 2.33. The molecule has 6 nitrogen and oxygen atoms in total. The molecule has 0 N–H and O–H groups in total. The Labute approximate surface area is 177 Å². The van der Waals surface area contributed by atoms with E-state index < -0.39 is 10.0 Å². The smallest absolute Gasteiger partial charge is 0.244 e. The Morgan fingerprint density at radius 1 is 1.17 bits per heavy atom. The highest BCUT2D eigenvalue weighted by atomic mass is 35.5. The van der Waals surface area contributed by atoms with E-state index in [4.69, 9.17) is 11.6 Å². The first-order valence-electron chi connectivity index (χ1n) is 9.68. The minimum absolute atomic E-state index is 0.0722. The molecular formula is C21H26ClN3O3S. The van der Waals surface area contributed by atoms with Crippen LogP contribution in [-0.2, 0) is 14.8 Å². The van der Waals surface area contributed by atoms with Crippen molar-refractivity contribution in [1.29, 1.82) is 0 Å². The van der Waals surface area contributed by atoms with Gasteiger partial charge in [0, 0.05) is 31.5 Å². The summed E-state index contributed by atoms with van der Waals surface area (Å²) in [5.41, 5.74) is 1.02. The molecule has 2 aromatic rings. The van der Waals surface area contributed by atoms with Gasteiger partial charge in [0.2, 0.25) is 15.9 Å². The SMILES string of the molecule is CN(C(=O)CN(C)S(=O)(=O)c1cccnc1)[C@H](c1ccc(Cl)cc1)C1CCCC1. The average Bonchev–Trinajstić information content (AvgIpc) is 3.24. The number of pyridine rings is 1. The lowest BCUT2D eigenvalue weighted by atomic mass is 9.90. The van der Waals surface area contributed by atoms with Gasteiger partial charge in [-0.1, -0.05) is 36.6 Å². The van der Waals surface area contributed by atoms with Crippen molar-refractivity contribution in [2.75, 3.05) is 20.6 Å². The second-order valence-corrected chi connectivity index (χ2v) is 9.98. The van der Waals surface area contributed by atoms with E-state index in [0.717, 1.165) is 35.6 Å². The zero-order valence-corrected chi connectivity index (χ0v) is 18.2. The number of rotatable bonds is 7. The maximum atomic E-state index is 13.0. The number of likely N-dealkylation sites (N-methyl/N-ethyl adjacent to an activating group) is 2. The van der Waals surface area contributed by atoms with E-state index in [1.54, 1.807) is 18.0 Å². The normalized spacial score (nSPS) is 16.1. The van der Waals surface area contributed by atoms with Crippen molar-refractivity contribution in [2.24, 2.45) is 5.92 Å². The van der Waals surface area contributed by atoms with Gasteiger partial charge in [0.05, 0.1) is 12.6 Å². The van der Waals surface area contributed by atoms with Crippen LogP contribution in [0.2, 0.25) is 5.02 Å². The molecule has 8 heteroatoms. The van der Waals surface area contributed by atoms with E-state index in [0.29, 0.717) is 10.9 Å². The molecule has 1 atom stereocenters. The van der Waals surface area contributed by atoms with Gasteiger partial charge in [-0.25, -0.2) is 8.42 Å². The second-order valence-electron chi connectivity index (χ2n) is 7.50. The molecule has 1 heterocycles. The summed E-state index contributed by atoms with van der Waals surface area (Å²) in [5.74, 6) is 0.108. The van der Waals surface area contributed by atoms with E-state index in [1.807, 2.05) is 24.3 Å². The molecular weight excluding hydrogens is 410 g/mol. The number of carbonyl (C=O) groups excluding carboxylic acids is 1. The maximum absolute atomic E-state index is 13.0. The summed E-state index contributed by atoms with van der Waals surface area (Å²) in [6, 6.07) is 10.5. The fourth-order valence-electron chi connectivity index (χ4n) is 3.97. The largest absolute Gasteiger partial charge is 0.337 e. The fourth-order valence-corrected chi connectivity index (χ4v) is 5.18. The van der Waals surface area contributed by atoms with Crippen LogP contribution in [-0.4, -0.2) is 49.2 Å². The fraction of sp³-hybridized carbons (Fsp3) is 0.429. The lowest BCUT2D eigenvalue weighted by Gasteiger charge is -2.34. The molecule has 3 rings (SSSR count). The molecule has 0 saturated heterocycles. The third-order valence-electron chi connectivity index (χ3n) is 5.57. The number of hydrogen-bond donors (Lipinski definition) is 0. The highest BCUT2D eigenvalue weighted by Crippen LogP contribution is 2.39. The third kappa shape index (κ3) is 4.97. The number of benzene rings is 1. The summed E-state index contributed by atoms with van der Waals surface area (Å²) < 4.78 is 26.5. The number of carbonyl (C=O) groups is 1. The lowest BCUT2D eigenvalue weighted by Crippen LogP contribution is -2.42. The van der Waals surface area contributed by atoms with Gasteiger partial charge in [0.25, 0.3) is 0 Å². The van der Waals surface area contributed by atoms with Crippen LogP contribution in [0.4, 0.5) is 0 Å². The molecule has 0 unspecified atom stereocenters. The average molecular weight is 436 g/mol. The van der Waals surface area contributed by atoms with Crippen LogP contribution < -0.4 is 0 Å². The van der Waals surface area contributed by atoms with Crippen molar-refractivity contribution in [3.63, 3.8) is 0 Å². The van der Waals surface area contributed by atoms with Crippen molar-refractivity contribution in [3.05, 3.63) is 59.4 Å². The Hall–Kier alpha value is -1.96. The number of amides is 1. The number of hydrogen-bond acceptors (Lipinski definition) is 4. The molecule has 156 valence electrons. The summed E-state index contributed by atoms with van der Waals surface area (Å²) >= 11 is 6.04. The molecule has 1 aromatic heterocycles. The van der Waals surface area contributed by atoms with Gasteiger partial charge in [0.15, 0.2) is 0 Å². The van der Waals surface area contributed by atoms with Crippen LogP contribution in [0.3, 0.4) is 0 Å². The Balaban J connectivity index is 1.79. The maximum Gasteiger partial charge on any atom is 0.244 e. The Bertz CT molecular complexity index is 929. The third-order valence-corrected chi connectivity index (χ3v) is 7.61. The van der Waals surface area contributed by atoms with Crippen LogP contribution in [0.15, 0.2) is 53.7 Å². The predicted molar refractivity (Wildman–Crippen MR) is 113 cm³/mol. The standard InChI is InChI=1S/C21H26ClN3O3S/c1-24(29(27,28)19-8-5-13-23-14-19)15-20(26)25(2)21(16-6-3-4-7-16)17-9-11-18(22)12-10-17/h5,8-14,16,21H,3-4,6-7,15H2,1-2H3/t21-/m0/s1. The van der Waals surface area contributed by atoms with E-state index in [9.17, 15) is 13.2 Å². The van der Waals surface area contributed by atoms with Crippen LogP contribution in [0, 0.1) is 5.92 Å². The van der Waals surface area contributed by atoms with Gasteiger partial charge in [-0.05, 0) is 48.6 Å². The first kappa shape index (κ1) is 21.7. The molecule has 1 saturated carbocycles. The molecule has 29 heavy (non-hydrogen) atoms. The number of sulfonamides is 1. The van der Waals surface area contributed by atoms with Crippen molar-refractivity contribution < 1.29 is 13.2 Å². The Morgan fingerprint density at radius 2 is 1.83 bits per heavy atom. The lowest BCUT2D eigenvalue weighted by molar-refractivity contribution is -0.133. The molecule has 1 amide bonds. The minimum atomic E-state index is -3.78. The van der Waals surface area contributed by atoms with Gasteiger partial charge in [-0.3, -0.25) is 9.78 Å². The van der Waals surface area contributed by atoms with Crippen LogP contribution in [0.1, 0.15) is 37.3 Å². The van der Waals surface area contributed by atoms with Crippen molar-refractivity contribution in [2.45, 2.75) is 36.6 Å². The van der Waals surface area contributed by atoms with Gasteiger partial charge >= 0.3 is 0 Å². The predicted octanol–water partition coefficient (Wildman–Crippen LogP) is 3.75. The summed E-state index contributed by atoms with van der Waals surface area (Å²) in [6.45, 7) is -0.232. The number of nitrogens with zero attached hydrogens (tertiary/aromatic N) is 3. The molecule has 0 aliphatic heterocycles. The van der Waals surface area contributed by atoms with Gasteiger partial charge in [-0.2, -0.15) is 4.31 Å². The van der Waals surface area contributed by atoms with Gasteiger partial charge < -0.3 is 4.90 Å². The van der Waals surface area contributed by atoms with Gasteiger partial charge in [-0.15, -0.1) is 0 Å². The first-order valence-corrected chi connectivity index (χ1v) is 11.5. The van der Waals surface area contributed by atoms with E-state index in [2.05, 4.69) is 4.98 Å². The molecule has 1 aliphatic rings. The highest BCUT2D eigenvalue weighted by molar-refractivity contribution is 7.89. The summed E-state index contributed by atoms with van der Waals surface area (Å²) in [4.78, 5) is 18.7. The Kier molecular flexibility index (Phi) is 6.93. The quantitative estimate of drug-likeness (QED) is 0.664. The molecule has 1 aliphatic carbocycles. The summed E-state index contributed by atoms with van der Waals surface area (Å²) in [7, 11) is -0.605. The summed E-state index contributed by atoms with van der Waals surface area (Å²) in [6.07, 6.45) is 7.19. The van der Waals surface area contributed by atoms with Crippen LogP contribution >= 0.6 is 11.6 Å². The monoisotopic (exact) mass is 435 g/mol. The molecule has 0 spiro atoms. The second kappa shape index (κ2) is 9.24. The zero-order chi connectivity index (χ0) is 21.0. The topological polar surface area (TPSA) is 70.6 Å². The van der Waals surface area contributed by atoms with Crippen LogP contribution in [0.25, 0.3) is 0 Å². The van der Waals surface area contributed by atoms with E-state index >= 15 is 0 Å². The van der Waals surface area contributed by atoms with Crippen molar-refractivity contribution >= 4 is 27.5 Å². The number of aromatic nitrogens is 1. The van der Waals surface area contributed by atoms with E-state index in [-0.39, 0.29) is 23.4 Å². The molecule has 0 radical (unpaired) electrons. The van der Waals surface area contributed by atoms with Crippen molar-refractivity contribution in [3.8, 4) is 0 Å².